The van der Waals surface area contributed by atoms with Crippen LogP contribution in [0.4, 0.5) is 0 Å². The first-order valence-corrected chi connectivity index (χ1v) is 9.58. The highest BCUT2D eigenvalue weighted by molar-refractivity contribution is 7.13. The molecular formula is C18H21N5O2S. The molecule has 1 saturated heterocycles. The summed E-state index contributed by atoms with van der Waals surface area (Å²) in [5.41, 5.74) is 1.99. The van der Waals surface area contributed by atoms with Crippen LogP contribution in [0.2, 0.25) is 0 Å². The van der Waals surface area contributed by atoms with Crippen molar-refractivity contribution in [3.05, 3.63) is 58.2 Å². The van der Waals surface area contributed by atoms with Gasteiger partial charge in [0.05, 0.1) is 31.0 Å². The highest BCUT2D eigenvalue weighted by Crippen LogP contribution is 2.25. The van der Waals surface area contributed by atoms with E-state index in [4.69, 9.17) is 4.74 Å². The minimum absolute atomic E-state index is 0.0581. The van der Waals surface area contributed by atoms with Crippen molar-refractivity contribution in [1.29, 1.82) is 0 Å². The van der Waals surface area contributed by atoms with Crippen LogP contribution in [-0.4, -0.2) is 57.1 Å². The topological polar surface area (TPSA) is 65.2 Å². The van der Waals surface area contributed by atoms with E-state index in [9.17, 15) is 4.79 Å². The first-order chi connectivity index (χ1) is 12.8. The maximum Gasteiger partial charge on any atom is 0.266 e. The van der Waals surface area contributed by atoms with E-state index in [2.05, 4.69) is 26.4 Å². The Balaban J connectivity index is 1.46. The van der Waals surface area contributed by atoms with Gasteiger partial charge in [0, 0.05) is 44.6 Å². The molecule has 4 heterocycles. The van der Waals surface area contributed by atoms with Gasteiger partial charge in [-0.05, 0) is 23.1 Å². The third kappa shape index (κ3) is 4.09. The number of nitrogens with zero attached hydrogens (tertiary/aromatic N) is 5. The molecule has 0 bridgehead atoms. The predicted octanol–water partition coefficient (Wildman–Crippen LogP) is 1.55. The van der Waals surface area contributed by atoms with Gasteiger partial charge in [-0.3, -0.25) is 9.69 Å². The van der Waals surface area contributed by atoms with Crippen LogP contribution in [0.15, 0.2) is 47.1 Å². The van der Waals surface area contributed by atoms with Gasteiger partial charge in [-0.1, -0.05) is 0 Å². The van der Waals surface area contributed by atoms with Crippen LogP contribution in [0, 0.1) is 0 Å². The van der Waals surface area contributed by atoms with Crippen LogP contribution in [0.5, 0.6) is 0 Å². The van der Waals surface area contributed by atoms with Gasteiger partial charge in [0.25, 0.3) is 5.56 Å². The fourth-order valence-corrected chi connectivity index (χ4v) is 3.86. The van der Waals surface area contributed by atoms with Crippen molar-refractivity contribution in [1.82, 2.24) is 24.2 Å². The number of thiophene rings is 1. The Morgan fingerprint density at radius 2 is 2.08 bits per heavy atom. The second-order valence-corrected chi connectivity index (χ2v) is 7.20. The molecule has 0 spiro atoms. The zero-order valence-corrected chi connectivity index (χ0v) is 15.3. The molecule has 0 atom stereocenters. The summed E-state index contributed by atoms with van der Waals surface area (Å²) in [5.74, 6) is 0. The van der Waals surface area contributed by atoms with E-state index >= 15 is 0 Å². The van der Waals surface area contributed by atoms with E-state index in [-0.39, 0.29) is 5.56 Å². The van der Waals surface area contributed by atoms with E-state index in [0.29, 0.717) is 6.54 Å². The molecule has 0 unspecified atom stereocenters. The molecule has 0 aromatic carbocycles. The van der Waals surface area contributed by atoms with Gasteiger partial charge in [0.15, 0.2) is 0 Å². The lowest BCUT2D eigenvalue weighted by molar-refractivity contribution is 0.0358. The summed E-state index contributed by atoms with van der Waals surface area (Å²) >= 11 is 1.65. The molecule has 1 aliphatic rings. The standard InChI is InChI=1S/C18H21N5O2S/c24-18-2-1-16(20-23(18)6-5-21-7-9-25-10-8-21)17-11-15(13-26-17)12-22-4-3-19-14-22/h1-4,11,13-14H,5-10,12H2. The van der Waals surface area contributed by atoms with E-state index < -0.39 is 0 Å². The monoisotopic (exact) mass is 371 g/mol. The van der Waals surface area contributed by atoms with Crippen LogP contribution in [0.3, 0.4) is 0 Å². The summed E-state index contributed by atoms with van der Waals surface area (Å²) in [6.45, 7) is 5.55. The van der Waals surface area contributed by atoms with E-state index in [0.717, 1.165) is 50.0 Å². The van der Waals surface area contributed by atoms with Crippen molar-refractivity contribution in [2.75, 3.05) is 32.8 Å². The highest BCUT2D eigenvalue weighted by atomic mass is 32.1. The Morgan fingerprint density at radius 3 is 2.88 bits per heavy atom. The second kappa shape index (κ2) is 7.94. The molecule has 0 N–H and O–H groups in total. The van der Waals surface area contributed by atoms with Crippen molar-refractivity contribution < 1.29 is 4.74 Å². The number of morpholine rings is 1. The summed E-state index contributed by atoms with van der Waals surface area (Å²) in [6, 6.07) is 5.54. The van der Waals surface area contributed by atoms with Gasteiger partial charge in [-0.25, -0.2) is 9.67 Å². The Labute approximate surface area is 155 Å². The molecule has 1 fully saturated rings. The molecule has 8 heteroatoms. The third-order valence-electron chi connectivity index (χ3n) is 4.43. The van der Waals surface area contributed by atoms with Crippen LogP contribution < -0.4 is 5.56 Å². The maximum absolute atomic E-state index is 12.1. The van der Waals surface area contributed by atoms with Crippen LogP contribution in [0.25, 0.3) is 10.6 Å². The van der Waals surface area contributed by atoms with Crippen molar-refractivity contribution in [3.63, 3.8) is 0 Å². The van der Waals surface area contributed by atoms with Gasteiger partial charge in [-0.15, -0.1) is 11.3 Å². The largest absolute Gasteiger partial charge is 0.379 e. The van der Waals surface area contributed by atoms with Gasteiger partial charge in [0.1, 0.15) is 5.69 Å². The molecule has 0 saturated carbocycles. The zero-order chi connectivity index (χ0) is 17.8. The number of aromatic nitrogens is 4. The van der Waals surface area contributed by atoms with E-state index in [1.54, 1.807) is 40.7 Å². The fraction of sp³-hybridized carbons (Fsp3) is 0.389. The highest BCUT2D eigenvalue weighted by Gasteiger charge is 2.12. The second-order valence-electron chi connectivity index (χ2n) is 6.29. The Bertz CT molecular complexity index is 896. The number of imidazole rings is 1. The van der Waals surface area contributed by atoms with Gasteiger partial charge in [-0.2, -0.15) is 5.10 Å². The van der Waals surface area contributed by atoms with Gasteiger partial charge >= 0.3 is 0 Å². The lowest BCUT2D eigenvalue weighted by Gasteiger charge is -2.26. The Morgan fingerprint density at radius 1 is 1.19 bits per heavy atom. The average molecular weight is 371 g/mol. The lowest BCUT2D eigenvalue weighted by Crippen LogP contribution is -2.39. The summed E-state index contributed by atoms with van der Waals surface area (Å²) in [6.07, 6.45) is 5.53. The Kier molecular flexibility index (Phi) is 5.24. The average Bonchev–Trinajstić information content (AvgIpc) is 3.35. The van der Waals surface area contributed by atoms with E-state index in [1.165, 1.54) is 5.56 Å². The summed E-state index contributed by atoms with van der Waals surface area (Å²) in [4.78, 5) is 19.6. The minimum atomic E-state index is -0.0581. The third-order valence-corrected chi connectivity index (χ3v) is 5.43. The molecule has 4 rings (SSSR count). The number of ether oxygens (including phenoxy) is 1. The molecule has 0 radical (unpaired) electrons. The van der Waals surface area contributed by atoms with E-state index in [1.807, 2.05) is 10.8 Å². The Hall–Kier alpha value is -2.29. The SMILES string of the molecule is O=c1ccc(-c2cc(Cn3ccnc3)cs2)nn1CCN1CCOCC1. The molecule has 136 valence electrons. The molecule has 0 amide bonds. The molecule has 3 aromatic rings. The fourth-order valence-electron chi connectivity index (χ4n) is 2.99. The smallest absolute Gasteiger partial charge is 0.266 e. The predicted molar refractivity (Wildman–Crippen MR) is 100 cm³/mol. The van der Waals surface area contributed by atoms with Crippen molar-refractivity contribution in [2.45, 2.75) is 13.1 Å². The van der Waals surface area contributed by atoms with Crippen LogP contribution in [-0.2, 0) is 17.8 Å². The van der Waals surface area contributed by atoms with Crippen molar-refractivity contribution in [3.8, 4) is 10.6 Å². The summed E-state index contributed by atoms with van der Waals surface area (Å²) in [5, 5.41) is 6.70. The minimum Gasteiger partial charge on any atom is -0.379 e. The molecule has 26 heavy (non-hydrogen) atoms. The molecule has 0 aliphatic carbocycles. The number of hydrogen-bond acceptors (Lipinski definition) is 6. The van der Waals surface area contributed by atoms with Gasteiger partial charge < -0.3 is 9.30 Å². The summed E-state index contributed by atoms with van der Waals surface area (Å²) < 4.78 is 8.96. The molecule has 1 aliphatic heterocycles. The first-order valence-electron chi connectivity index (χ1n) is 8.70. The maximum atomic E-state index is 12.1. The molecule has 7 nitrogen and oxygen atoms in total. The van der Waals surface area contributed by atoms with Gasteiger partial charge in [0.2, 0.25) is 0 Å². The molecular weight excluding hydrogens is 350 g/mol. The van der Waals surface area contributed by atoms with Crippen LogP contribution in [0.1, 0.15) is 5.56 Å². The number of hydrogen-bond donors (Lipinski definition) is 0. The number of rotatable bonds is 6. The quantitative estimate of drug-likeness (QED) is 0.658. The normalized spacial score (nSPS) is 15.4. The first kappa shape index (κ1) is 17.1. The lowest BCUT2D eigenvalue weighted by atomic mass is 10.2. The van der Waals surface area contributed by atoms with Crippen molar-refractivity contribution >= 4 is 11.3 Å². The van der Waals surface area contributed by atoms with Crippen molar-refractivity contribution in [2.24, 2.45) is 0 Å². The zero-order valence-electron chi connectivity index (χ0n) is 14.5. The summed E-state index contributed by atoms with van der Waals surface area (Å²) in [7, 11) is 0. The van der Waals surface area contributed by atoms with Crippen LogP contribution >= 0.6 is 11.3 Å². The molecule has 3 aromatic heterocycles.